The number of nitriles is 1. The summed E-state index contributed by atoms with van der Waals surface area (Å²) in [6.45, 7) is 4.09. The number of rotatable bonds is 4. The largest absolute Gasteiger partial charge is 0.457 e. The van der Waals surface area contributed by atoms with Crippen molar-refractivity contribution in [1.29, 1.82) is 5.26 Å². The molecule has 0 heterocycles. The Morgan fingerprint density at radius 2 is 1.95 bits per heavy atom. The highest BCUT2D eigenvalue weighted by atomic mass is 16.6. The summed E-state index contributed by atoms with van der Waals surface area (Å²) >= 11 is 0. The van der Waals surface area contributed by atoms with E-state index >= 15 is 0 Å². The number of ether oxygens (including phenoxy) is 1. The predicted molar refractivity (Wildman–Crippen MR) is 78.4 cm³/mol. The zero-order chi connectivity index (χ0) is 15.4. The van der Waals surface area contributed by atoms with E-state index < -0.39 is 4.92 Å². The maximum absolute atomic E-state index is 11.0. The lowest BCUT2D eigenvalue weighted by atomic mass is 10.0. The fraction of sp³-hybridized carbons (Fsp3) is 0.188. The maximum Gasteiger partial charge on any atom is 0.290 e. The van der Waals surface area contributed by atoms with Crippen molar-refractivity contribution >= 4 is 5.69 Å². The molecule has 0 unspecified atom stereocenters. The first-order valence-corrected chi connectivity index (χ1v) is 6.48. The monoisotopic (exact) mass is 282 g/mol. The third-order valence-corrected chi connectivity index (χ3v) is 3.06. The Balaban J connectivity index is 2.39. The quantitative estimate of drug-likeness (QED) is 0.615. The van der Waals surface area contributed by atoms with Crippen LogP contribution in [-0.2, 0) is 0 Å². The van der Waals surface area contributed by atoms with Gasteiger partial charge in [0.25, 0.3) is 5.69 Å². The molecule has 0 N–H and O–H groups in total. The summed E-state index contributed by atoms with van der Waals surface area (Å²) < 4.78 is 5.75. The van der Waals surface area contributed by atoms with Crippen LogP contribution in [-0.4, -0.2) is 4.92 Å². The Labute approximate surface area is 122 Å². The van der Waals surface area contributed by atoms with Crippen molar-refractivity contribution in [1.82, 2.24) is 0 Å². The molecule has 0 atom stereocenters. The SMILES string of the molecule is CC(C)c1ccccc1Oc1ccc(C#N)c([N+](=O)[O-])c1. The molecule has 2 rings (SSSR count). The molecule has 0 saturated heterocycles. The van der Waals surface area contributed by atoms with E-state index in [1.165, 1.54) is 12.1 Å². The number of nitro groups is 1. The van der Waals surface area contributed by atoms with Gasteiger partial charge in [0.15, 0.2) is 0 Å². The van der Waals surface area contributed by atoms with Crippen molar-refractivity contribution in [2.24, 2.45) is 0 Å². The Kier molecular flexibility index (Phi) is 4.19. The summed E-state index contributed by atoms with van der Waals surface area (Å²) in [6, 6.07) is 13.6. The smallest absolute Gasteiger partial charge is 0.290 e. The second kappa shape index (κ2) is 6.06. The van der Waals surface area contributed by atoms with Gasteiger partial charge in [-0.05, 0) is 29.7 Å². The molecule has 2 aromatic carbocycles. The van der Waals surface area contributed by atoms with Gasteiger partial charge in [0.1, 0.15) is 23.1 Å². The Morgan fingerprint density at radius 1 is 1.24 bits per heavy atom. The van der Waals surface area contributed by atoms with Gasteiger partial charge in [-0.25, -0.2) is 0 Å². The zero-order valence-electron chi connectivity index (χ0n) is 11.7. The zero-order valence-corrected chi connectivity index (χ0v) is 11.7. The highest BCUT2D eigenvalue weighted by molar-refractivity contribution is 5.53. The molecule has 0 spiro atoms. The molecule has 106 valence electrons. The van der Waals surface area contributed by atoms with Crippen molar-refractivity contribution < 1.29 is 9.66 Å². The van der Waals surface area contributed by atoms with Gasteiger partial charge in [-0.1, -0.05) is 32.0 Å². The van der Waals surface area contributed by atoms with Gasteiger partial charge in [0.2, 0.25) is 0 Å². The van der Waals surface area contributed by atoms with Crippen LogP contribution in [0.15, 0.2) is 42.5 Å². The summed E-state index contributed by atoms with van der Waals surface area (Å²) in [7, 11) is 0. The molecule has 2 aromatic rings. The molecular formula is C16H14N2O3. The molecule has 0 radical (unpaired) electrons. The molecular weight excluding hydrogens is 268 g/mol. The molecule has 0 bridgehead atoms. The van der Waals surface area contributed by atoms with E-state index in [0.29, 0.717) is 11.5 Å². The number of para-hydroxylation sites is 1. The molecule has 0 aliphatic carbocycles. The second-order valence-corrected chi connectivity index (χ2v) is 4.84. The van der Waals surface area contributed by atoms with Crippen LogP contribution in [0.2, 0.25) is 0 Å². The van der Waals surface area contributed by atoms with Crippen LogP contribution in [0, 0.1) is 21.4 Å². The van der Waals surface area contributed by atoms with Crippen molar-refractivity contribution in [2.45, 2.75) is 19.8 Å². The Morgan fingerprint density at radius 3 is 2.57 bits per heavy atom. The van der Waals surface area contributed by atoms with Crippen molar-refractivity contribution in [3.8, 4) is 17.6 Å². The lowest BCUT2D eigenvalue weighted by Crippen LogP contribution is -1.96. The maximum atomic E-state index is 11.0. The highest BCUT2D eigenvalue weighted by Crippen LogP contribution is 2.32. The first-order chi connectivity index (χ1) is 10.0. The third-order valence-electron chi connectivity index (χ3n) is 3.06. The van der Waals surface area contributed by atoms with Crippen molar-refractivity contribution in [3.05, 3.63) is 63.7 Å². The Hall–Kier alpha value is -2.87. The minimum Gasteiger partial charge on any atom is -0.457 e. The van der Waals surface area contributed by atoms with Crippen molar-refractivity contribution in [3.63, 3.8) is 0 Å². The van der Waals surface area contributed by atoms with Gasteiger partial charge >= 0.3 is 0 Å². The molecule has 0 fully saturated rings. The normalized spacial score (nSPS) is 10.2. The van der Waals surface area contributed by atoms with E-state index in [2.05, 4.69) is 0 Å². The number of nitrogens with zero attached hydrogens (tertiary/aromatic N) is 2. The van der Waals surface area contributed by atoms with E-state index in [0.717, 1.165) is 5.56 Å². The lowest BCUT2D eigenvalue weighted by molar-refractivity contribution is -0.385. The van der Waals surface area contributed by atoms with Crippen LogP contribution in [0.1, 0.15) is 30.9 Å². The summed E-state index contributed by atoms with van der Waals surface area (Å²) in [5.41, 5.74) is 0.783. The first-order valence-electron chi connectivity index (χ1n) is 6.48. The molecule has 0 aliphatic heterocycles. The molecule has 0 aliphatic rings. The number of hydrogen-bond donors (Lipinski definition) is 0. The van der Waals surface area contributed by atoms with Crippen LogP contribution in [0.4, 0.5) is 5.69 Å². The van der Waals surface area contributed by atoms with E-state index in [1.54, 1.807) is 12.1 Å². The number of hydrogen-bond acceptors (Lipinski definition) is 4. The number of nitro benzene ring substituents is 1. The highest BCUT2D eigenvalue weighted by Gasteiger charge is 2.16. The van der Waals surface area contributed by atoms with Gasteiger partial charge in [-0.15, -0.1) is 0 Å². The van der Waals surface area contributed by atoms with E-state index in [4.69, 9.17) is 10.00 Å². The van der Waals surface area contributed by atoms with Crippen LogP contribution in [0.25, 0.3) is 0 Å². The van der Waals surface area contributed by atoms with Gasteiger partial charge in [-0.2, -0.15) is 5.26 Å². The predicted octanol–water partition coefficient (Wildman–Crippen LogP) is 4.38. The molecule has 21 heavy (non-hydrogen) atoms. The summed E-state index contributed by atoms with van der Waals surface area (Å²) in [5.74, 6) is 1.27. The molecule has 5 nitrogen and oxygen atoms in total. The first kappa shape index (κ1) is 14.5. The van der Waals surface area contributed by atoms with Gasteiger partial charge in [-0.3, -0.25) is 10.1 Å². The average molecular weight is 282 g/mol. The standard InChI is InChI=1S/C16H14N2O3/c1-11(2)14-5-3-4-6-16(14)21-13-8-7-12(10-17)15(9-13)18(19)20/h3-9,11H,1-2H3. The summed E-state index contributed by atoms with van der Waals surface area (Å²) in [4.78, 5) is 10.4. The van der Waals surface area contributed by atoms with Gasteiger partial charge < -0.3 is 4.74 Å². The van der Waals surface area contributed by atoms with Crippen LogP contribution >= 0.6 is 0 Å². The Bertz CT molecular complexity index is 718. The minimum atomic E-state index is -0.584. The van der Waals surface area contributed by atoms with Crippen LogP contribution < -0.4 is 4.74 Å². The molecule has 0 saturated carbocycles. The lowest BCUT2D eigenvalue weighted by Gasteiger charge is -2.13. The van der Waals surface area contributed by atoms with E-state index in [-0.39, 0.29) is 17.2 Å². The summed E-state index contributed by atoms with van der Waals surface area (Å²) in [5, 5.41) is 19.8. The average Bonchev–Trinajstić information content (AvgIpc) is 2.47. The second-order valence-electron chi connectivity index (χ2n) is 4.84. The fourth-order valence-electron chi connectivity index (χ4n) is 2.00. The molecule has 0 amide bonds. The molecule has 0 aromatic heterocycles. The van der Waals surface area contributed by atoms with Gasteiger partial charge in [0, 0.05) is 0 Å². The van der Waals surface area contributed by atoms with E-state index in [1.807, 2.05) is 38.1 Å². The third kappa shape index (κ3) is 3.18. The topological polar surface area (TPSA) is 76.2 Å². The van der Waals surface area contributed by atoms with Crippen LogP contribution in [0.5, 0.6) is 11.5 Å². The van der Waals surface area contributed by atoms with Gasteiger partial charge in [0.05, 0.1) is 11.0 Å². The minimum absolute atomic E-state index is 0.0181. The summed E-state index contributed by atoms with van der Waals surface area (Å²) in [6.07, 6.45) is 0. The number of benzene rings is 2. The van der Waals surface area contributed by atoms with Crippen molar-refractivity contribution in [2.75, 3.05) is 0 Å². The molecule has 5 heteroatoms. The van der Waals surface area contributed by atoms with Crippen LogP contribution in [0.3, 0.4) is 0 Å². The fourth-order valence-corrected chi connectivity index (χ4v) is 2.00. The van der Waals surface area contributed by atoms with E-state index in [9.17, 15) is 10.1 Å².